The molecule has 0 saturated carbocycles. The van der Waals surface area contributed by atoms with Crippen molar-refractivity contribution < 1.29 is 9.47 Å². The van der Waals surface area contributed by atoms with E-state index in [1.807, 2.05) is 6.07 Å². The standard InChI is InChI=1S/C18H23NO2S2/c1-2-3-4-5-6-7-13-11-20-17(21-12-13)16-9-14-8-15(10-19)22-18(14)23-16/h8-9,13,17H,2-7,11-12H2,1H3. The van der Waals surface area contributed by atoms with Gasteiger partial charge in [-0.1, -0.05) is 39.0 Å². The van der Waals surface area contributed by atoms with Crippen molar-refractivity contribution in [3.63, 3.8) is 0 Å². The summed E-state index contributed by atoms with van der Waals surface area (Å²) in [5.74, 6) is 0.541. The van der Waals surface area contributed by atoms with Gasteiger partial charge in [0, 0.05) is 11.3 Å². The van der Waals surface area contributed by atoms with Crippen LogP contribution in [0.3, 0.4) is 0 Å². The molecular weight excluding hydrogens is 326 g/mol. The molecule has 3 heterocycles. The lowest BCUT2D eigenvalue weighted by Crippen LogP contribution is -2.26. The number of nitrogens with zero attached hydrogens (tertiary/aromatic N) is 1. The van der Waals surface area contributed by atoms with Gasteiger partial charge >= 0.3 is 0 Å². The van der Waals surface area contributed by atoms with E-state index in [1.165, 1.54) is 42.5 Å². The summed E-state index contributed by atoms with van der Waals surface area (Å²) >= 11 is 3.23. The molecule has 1 aliphatic heterocycles. The molecule has 2 aromatic heterocycles. The summed E-state index contributed by atoms with van der Waals surface area (Å²) in [7, 11) is 0. The van der Waals surface area contributed by atoms with Crippen molar-refractivity contribution in [3.8, 4) is 6.07 Å². The first-order valence-electron chi connectivity index (χ1n) is 8.46. The molecule has 0 amide bonds. The van der Waals surface area contributed by atoms with Gasteiger partial charge in [0.2, 0.25) is 0 Å². The average molecular weight is 350 g/mol. The fraction of sp³-hybridized carbons (Fsp3) is 0.611. The second-order valence-electron chi connectivity index (χ2n) is 6.18. The lowest BCUT2D eigenvalue weighted by atomic mass is 10.0. The number of ether oxygens (including phenoxy) is 2. The Morgan fingerprint density at radius 3 is 2.61 bits per heavy atom. The Hall–Kier alpha value is -0.930. The number of rotatable bonds is 7. The third-order valence-corrected chi connectivity index (χ3v) is 6.58. The van der Waals surface area contributed by atoms with E-state index in [9.17, 15) is 0 Å². The van der Waals surface area contributed by atoms with Gasteiger partial charge in [0.1, 0.15) is 10.9 Å². The van der Waals surface area contributed by atoms with Crippen LogP contribution in [0.5, 0.6) is 0 Å². The van der Waals surface area contributed by atoms with Gasteiger partial charge in [0.15, 0.2) is 6.29 Å². The van der Waals surface area contributed by atoms with Gasteiger partial charge in [0.25, 0.3) is 0 Å². The second-order valence-corrected chi connectivity index (χ2v) is 8.58. The maximum Gasteiger partial charge on any atom is 0.193 e. The third kappa shape index (κ3) is 4.33. The summed E-state index contributed by atoms with van der Waals surface area (Å²) in [6.45, 7) is 3.85. The van der Waals surface area contributed by atoms with Crippen molar-refractivity contribution in [1.29, 1.82) is 5.26 Å². The Balaban J connectivity index is 1.46. The van der Waals surface area contributed by atoms with Gasteiger partial charge in [-0.2, -0.15) is 5.26 Å². The zero-order valence-corrected chi connectivity index (χ0v) is 15.2. The molecule has 3 rings (SSSR count). The molecule has 124 valence electrons. The normalized spacial score (nSPS) is 21.6. The summed E-state index contributed by atoms with van der Waals surface area (Å²) in [5, 5.41) is 10.1. The zero-order chi connectivity index (χ0) is 16.1. The van der Waals surface area contributed by atoms with Gasteiger partial charge < -0.3 is 9.47 Å². The first-order chi connectivity index (χ1) is 11.3. The maximum atomic E-state index is 8.94. The van der Waals surface area contributed by atoms with Crippen LogP contribution < -0.4 is 0 Å². The summed E-state index contributed by atoms with van der Waals surface area (Å²) in [6, 6.07) is 6.25. The van der Waals surface area contributed by atoms with E-state index in [0.717, 1.165) is 28.4 Å². The smallest absolute Gasteiger partial charge is 0.193 e. The molecule has 0 atom stereocenters. The van der Waals surface area contributed by atoms with Crippen LogP contribution in [-0.2, 0) is 9.47 Å². The molecule has 1 saturated heterocycles. The Morgan fingerprint density at radius 1 is 1.13 bits per heavy atom. The van der Waals surface area contributed by atoms with E-state index in [2.05, 4.69) is 19.1 Å². The quantitative estimate of drug-likeness (QED) is 0.588. The van der Waals surface area contributed by atoms with E-state index in [1.54, 1.807) is 22.7 Å². The number of thiophene rings is 2. The molecule has 5 heteroatoms. The van der Waals surface area contributed by atoms with Gasteiger partial charge in [-0.05, 0) is 18.6 Å². The van der Waals surface area contributed by atoms with Crippen molar-refractivity contribution in [1.82, 2.24) is 0 Å². The molecule has 0 spiro atoms. The molecule has 0 radical (unpaired) electrons. The number of nitriles is 1. The molecular formula is C18H23NO2S2. The molecule has 1 fully saturated rings. The third-order valence-electron chi connectivity index (χ3n) is 4.26. The fourth-order valence-electron chi connectivity index (χ4n) is 2.94. The van der Waals surface area contributed by atoms with Crippen LogP contribution in [-0.4, -0.2) is 13.2 Å². The topological polar surface area (TPSA) is 42.2 Å². The molecule has 0 aliphatic carbocycles. The second kappa shape index (κ2) is 8.25. The minimum absolute atomic E-state index is 0.221. The number of fused-ring (bicyclic) bond motifs is 1. The van der Waals surface area contributed by atoms with Crippen LogP contribution in [0.4, 0.5) is 0 Å². The Bertz CT molecular complexity index is 631. The summed E-state index contributed by atoms with van der Waals surface area (Å²) < 4.78 is 13.1. The van der Waals surface area contributed by atoms with Crippen molar-refractivity contribution in [3.05, 3.63) is 21.9 Å². The molecule has 1 aliphatic rings. The highest BCUT2D eigenvalue weighted by atomic mass is 32.2. The Kier molecular flexibility index (Phi) is 6.07. The van der Waals surface area contributed by atoms with E-state index >= 15 is 0 Å². The number of hydrogen-bond acceptors (Lipinski definition) is 5. The minimum atomic E-state index is -0.221. The first-order valence-corrected chi connectivity index (χ1v) is 10.1. The predicted molar refractivity (Wildman–Crippen MR) is 95.9 cm³/mol. The largest absolute Gasteiger partial charge is 0.347 e. The zero-order valence-electron chi connectivity index (χ0n) is 13.5. The maximum absolute atomic E-state index is 8.94. The van der Waals surface area contributed by atoms with Gasteiger partial charge in [-0.15, -0.1) is 22.7 Å². The van der Waals surface area contributed by atoms with E-state index in [0.29, 0.717) is 5.92 Å². The van der Waals surface area contributed by atoms with E-state index < -0.39 is 0 Å². The average Bonchev–Trinajstić information content (AvgIpc) is 3.13. The van der Waals surface area contributed by atoms with Crippen molar-refractivity contribution in [2.45, 2.75) is 51.7 Å². The van der Waals surface area contributed by atoms with Crippen LogP contribution in [0.1, 0.15) is 61.5 Å². The SMILES string of the molecule is CCCCCCCC1COC(c2cc3cc(C#N)sc3s2)OC1. The van der Waals surface area contributed by atoms with Crippen LogP contribution in [0, 0.1) is 17.2 Å². The van der Waals surface area contributed by atoms with Crippen LogP contribution in [0.15, 0.2) is 12.1 Å². The van der Waals surface area contributed by atoms with Crippen LogP contribution in [0.25, 0.3) is 9.40 Å². The number of hydrogen-bond donors (Lipinski definition) is 0. The van der Waals surface area contributed by atoms with Crippen molar-refractivity contribution in [2.24, 2.45) is 5.92 Å². The van der Waals surface area contributed by atoms with Crippen LogP contribution >= 0.6 is 22.7 Å². The number of unbranched alkanes of at least 4 members (excludes halogenated alkanes) is 4. The predicted octanol–water partition coefficient (Wildman–Crippen LogP) is 5.86. The van der Waals surface area contributed by atoms with Crippen molar-refractivity contribution in [2.75, 3.05) is 13.2 Å². The Labute approximate surface area is 145 Å². The molecule has 2 aromatic rings. The highest BCUT2D eigenvalue weighted by Crippen LogP contribution is 2.38. The van der Waals surface area contributed by atoms with Crippen LogP contribution in [0.2, 0.25) is 0 Å². The summed E-state index contributed by atoms with van der Waals surface area (Å²) in [4.78, 5) is 1.89. The fourth-order valence-corrected chi connectivity index (χ4v) is 5.20. The van der Waals surface area contributed by atoms with E-state index in [-0.39, 0.29) is 6.29 Å². The molecule has 0 aromatic carbocycles. The van der Waals surface area contributed by atoms with Gasteiger partial charge in [0.05, 0.1) is 22.1 Å². The van der Waals surface area contributed by atoms with Crippen molar-refractivity contribution >= 4 is 32.1 Å². The monoisotopic (exact) mass is 349 g/mol. The van der Waals surface area contributed by atoms with E-state index in [4.69, 9.17) is 14.7 Å². The lowest BCUT2D eigenvalue weighted by Gasteiger charge is -2.28. The highest BCUT2D eigenvalue weighted by molar-refractivity contribution is 7.38. The first kappa shape index (κ1) is 16.9. The molecule has 0 bridgehead atoms. The molecule has 0 unspecified atom stereocenters. The van der Waals surface area contributed by atoms with Gasteiger partial charge in [-0.3, -0.25) is 0 Å². The summed E-state index contributed by atoms with van der Waals surface area (Å²) in [5.41, 5.74) is 0. The lowest BCUT2D eigenvalue weighted by molar-refractivity contribution is -0.204. The van der Waals surface area contributed by atoms with Gasteiger partial charge in [-0.25, -0.2) is 0 Å². The molecule has 23 heavy (non-hydrogen) atoms. The molecule has 0 N–H and O–H groups in total. The summed E-state index contributed by atoms with van der Waals surface area (Å²) in [6.07, 6.45) is 7.60. The highest BCUT2D eigenvalue weighted by Gasteiger charge is 2.25. The molecule has 3 nitrogen and oxygen atoms in total. The minimum Gasteiger partial charge on any atom is -0.347 e. The Morgan fingerprint density at radius 2 is 1.91 bits per heavy atom.